The Morgan fingerprint density at radius 2 is 2.11 bits per heavy atom. The summed E-state index contributed by atoms with van der Waals surface area (Å²) in [5, 5.41) is 3.58. The lowest BCUT2D eigenvalue weighted by atomic mass is 9.91. The van der Waals surface area contributed by atoms with Crippen molar-refractivity contribution in [2.75, 3.05) is 32.8 Å². The van der Waals surface area contributed by atoms with Crippen LogP contribution < -0.4 is 5.32 Å². The average molecular weight is 256 g/mol. The molecule has 2 atom stereocenters. The lowest BCUT2D eigenvalue weighted by Gasteiger charge is -2.37. The van der Waals surface area contributed by atoms with Gasteiger partial charge in [-0.15, -0.1) is 0 Å². The van der Waals surface area contributed by atoms with Crippen LogP contribution in [0.5, 0.6) is 0 Å². The number of likely N-dealkylation sites (tertiary alicyclic amines) is 1. The highest BCUT2D eigenvalue weighted by molar-refractivity contribution is 5.69. The van der Waals surface area contributed by atoms with Gasteiger partial charge in [0.1, 0.15) is 0 Å². The van der Waals surface area contributed by atoms with E-state index < -0.39 is 0 Å². The summed E-state index contributed by atoms with van der Waals surface area (Å²) in [5.41, 5.74) is 0. The summed E-state index contributed by atoms with van der Waals surface area (Å²) in [5.74, 6) is 0.391. The van der Waals surface area contributed by atoms with Gasteiger partial charge in [0.25, 0.3) is 0 Å². The predicted molar refractivity (Wildman–Crippen MR) is 73.6 cm³/mol. The van der Waals surface area contributed by atoms with Crippen molar-refractivity contribution in [2.24, 2.45) is 5.92 Å². The standard InChI is InChI=1S/C14H28N2O2/c1-4-7-15-13-8-12(9-14(17)18-6-3)10-16(5-2)11-13/h12-13,15H,4-11H2,1-3H3. The molecule has 4 nitrogen and oxygen atoms in total. The fourth-order valence-electron chi connectivity index (χ4n) is 2.66. The first kappa shape index (κ1) is 15.4. The van der Waals surface area contributed by atoms with Gasteiger partial charge in [-0.3, -0.25) is 4.79 Å². The first-order valence-electron chi connectivity index (χ1n) is 7.30. The zero-order valence-corrected chi connectivity index (χ0v) is 12.1. The van der Waals surface area contributed by atoms with Crippen LogP contribution in [0.15, 0.2) is 0 Å². The van der Waals surface area contributed by atoms with Gasteiger partial charge >= 0.3 is 5.97 Å². The number of piperidine rings is 1. The maximum absolute atomic E-state index is 11.6. The molecule has 0 aliphatic carbocycles. The normalized spacial score (nSPS) is 25.1. The Morgan fingerprint density at radius 3 is 2.72 bits per heavy atom. The van der Waals surface area contributed by atoms with Crippen LogP contribution >= 0.6 is 0 Å². The van der Waals surface area contributed by atoms with Gasteiger partial charge < -0.3 is 15.0 Å². The molecule has 0 amide bonds. The van der Waals surface area contributed by atoms with Crippen LogP contribution in [-0.2, 0) is 9.53 Å². The van der Waals surface area contributed by atoms with Crippen LogP contribution in [0, 0.1) is 5.92 Å². The Kier molecular flexibility index (Phi) is 7.28. The molecule has 0 saturated carbocycles. The third kappa shape index (κ3) is 5.36. The molecule has 4 heteroatoms. The molecule has 0 bridgehead atoms. The molecule has 0 aromatic rings. The predicted octanol–water partition coefficient (Wildman–Crippen LogP) is 1.65. The molecule has 18 heavy (non-hydrogen) atoms. The largest absolute Gasteiger partial charge is 0.466 e. The summed E-state index contributed by atoms with van der Waals surface area (Å²) >= 11 is 0. The molecule has 1 aliphatic rings. The molecule has 0 radical (unpaired) electrons. The monoisotopic (exact) mass is 256 g/mol. The van der Waals surface area contributed by atoms with E-state index in [1.165, 1.54) is 0 Å². The quantitative estimate of drug-likeness (QED) is 0.703. The SMILES string of the molecule is CCCNC1CC(CC(=O)OCC)CN(CC)C1. The van der Waals surface area contributed by atoms with Crippen LogP contribution in [0.3, 0.4) is 0 Å². The topological polar surface area (TPSA) is 41.6 Å². The minimum absolute atomic E-state index is 0.0466. The van der Waals surface area contributed by atoms with E-state index in [2.05, 4.69) is 24.1 Å². The number of nitrogens with one attached hydrogen (secondary N) is 1. The third-order valence-electron chi connectivity index (χ3n) is 3.50. The Labute approximate surface area is 111 Å². The number of rotatable bonds is 7. The number of hydrogen-bond donors (Lipinski definition) is 1. The fourth-order valence-corrected chi connectivity index (χ4v) is 2.66. The molecule has 0 aromatic heterocycles. The summed E-state index contributed by atoms with van der Waals surface area (Å²) in [7, 11) is 0. The van der Waals surface area contributed by atoms with Gasteiger partial charge in [-0.1, -0.05) is 13.8 Å². The van der Waals surface area contributed by atoms with E-state index in [4.69, 9.17) is 4.74 Å². The van der Waals surface area contributed by atoms with Crippen molar-refractivity contribution < 1.29 is 9.53 Å². The Balaban J connectivity index is 2.43. The Hall–Kier alpha value is -0.610. The number of carbonyl (C=O) groups is 1. The molecule has 0 aromatic carbocycles. The first-order valence-corrected chi connectivity index (χ1v) is 7.30. The minimum Gasteiger partial charge on any atom is -0.466 e. The van der Waals surface area contributed by atoms with Crippen molar-refractivity contribution >= 4 is 5.97 Å². The summed E-state index contributed by atoms with van der Waals surface area (Å²) < 4.78 is 5.05. The average Bonchev–Trinajstić information content (AvgIpc) is 2.36. The molecule has 1 saturated heterocycles. The lowest BCUT2D eigenvalue weighted by molar-refractivity contribution is -0.144. The van der Waals surface area contributed by atoms with E-state index in [9.17, 15) is 4.79 Å². The van der Waals surface area contributed by atoms with Gasteiger partial charge in [-0.25, -0.2) is 0 Å². The highest BCUT2D eigenvalue weighted by Crippen LogP contribution is 2.20. The second kappa shape index (κ2) is 8.48. The summed E-state index contributed by atoms with van der Waals surface area (Å²) in [6.45, 7) is 11.0. The number of hydrogen-bond acceptors (Lipinski definition) is 4. The van der Waals surface area contributed by atoms with E-state index in [0.29, 0.717) is 25.0 Å². The van der Waals surface area contributed by atoms with Crippen molar-refractivity contribution in [3.05, 3.63) is 0 Å². The molecule has 0 spiro atoms. The van der Waals surface area contributed by atoms with E-state index in [1.54, 1.807) is 0 Å². The van der Waals surface area contributed by atoms with Crippen LogP contribution in [-0.4, -0.2) is 49.7 Å². The van der Waals surface area contributed by atoms with Crippen molar-refractivity contribution in [1.82, 2.24) is 10.2 Å². The molecule has 2 unspecified atom stereocenters. The van der Waals surface area contributed by atoms with E-state index in [1.807, 2.05) is 6.92 Å². The van der Waals surface area contributed by atoms with Gasteiger partial charge in [0, 0.05) is 25.6 Å². The van der Waals surface area contributed by atoms with Crippen LogP contribution in [0.1, 0.15) is 40.0 Å². The highest BCUT2D eigenvalue weighted by atomic mass is 16.5. The van der Waals surface area contributed by atoms with Crippen molar-refractivity contribution in [1.29, 1.82) is 0 Å². The molecule has 106 valence electrons. The smallest absolute Gasteiger partial charge is 0.306 e. The zero-order chi connectivity index (χ0) is 13.4. The van der Waals surface area contributed by atoms with E-state index in [0.717, 1.165) is 39.0 Å². The summed E-state index contributed by atoms with van der Waals surface area (Å²) in [4.78, 5) is 14.0. The van der Waals surface area contributed by atoms with E-state index in [-0.39, 0.29) is 5.97 Å². The number of carbonyl (C=O) groups excluding carboxylic acids is 1. The molecular weight excluding hydrogens is 228 g/mol. The summed E-state index contributed by atoms with van der Waals surface area (Å²) in [6, 6.07) is 0.526. The molecular formula is C14H28N2O2. The van der Waals surface area contributed by atoms with Gasteiger partial charge in [-0.05, 0) is 38.8 Å². The number of esters is 1. The Bertz CT molecular complexity index is 246. The maximum atomic E-state index is 11.6. The fraction of sp³-hybridized carbons (Fsp3) is 0.929. The van der Waals surface area contributed by atoms with Gasteiger partial charge in [0.15, 0.2) is 0 Å². The molecule has 1 rings (SSSR count). The molecule has 1 N–H and O–H groups in total. The first-order chi connectivity index (χ1) is 8.69. The van der Waals surface area contributed by atoms with Crippen molar-refractivity contribution in [2.45, 2.75) is 46.1 Å². The minimum atomic E-state index is -0.0466. The van der Waals surface area contributed by atoms with Crippen LogP contribution in [0.4, 0.5) is 0 Å². The lowest BCUT2D eigenvalue weighted by Crippen LogP contribution is -2.49. The van der Waals surface area contributed by atoms with Gasteiger partial charge in [0.05, 0.1) is 6.61 Å². The zero-order valence-electron chi connectivity index (χ0n) is 12.1. The highest BCUT2D eigenvalue weighted by Gasteiger charge is 2.27. The summed E-state index contributed by atoms with van der Waals surface area (Å²) in [6.07, 6.45) is 2.81. The maximum Gasteiger partial charge on any atom is 0.306 e. The third-order valence-corrected chi connectivity index (χ3v) is 3.50. The van der Waals surface area contributed by atoms with Crippen LogP contribution in [0.2, 0.25) is 0 Å². The Morgan fingerprint density at radius 1 is 1.33 bits per heavy atom. The molecule has 1 fully saturated rings. The van der Waals surface area contributed by atoms with E-state index >= 15 is 0 Å². The second-order valence-corrected chi connectivity index (χ2v) is 5.11. The molecule has 1 aliphatic heterocycles. The number of ether oxygens (including phenoxy) is 1. The number of likely N-dealkylation sites (N-methyl/N-ethyl adjacent to an activating group) is 1. The van der Waals surface area contributed by atoms with Gasteiger partial charge in [0.2, 0.25) is 0 Å². The molecule has 1 heterocycles. The number of nitrogens with zero attached hydrogens (tertiary/aromatic N) is 1. The van der Waals surface area contributed by atoms with Crippen molar-refractivity contribution in [3.8, 4) is 0 Å². The van der Waals surface area contributed by atoms with Crippen molar-refractivity contribution in [3.63, 3.8) is 0 Å². The van der Waals surface area contributed by atoms with Gasteiger partial charge in [-0.2, -0.15) is 0 Å². The van der Waals surface area contributed by atoms with Crippen LogP contribution in [0.25, 0.3) is 0 Å². The second-order valence-electron chi connectivity index (χ2n) is 5.11.